The average Bonchev–Trinajstić information content (AvgIpc) is 2.75. The van der Waals surface area contributed by atoms with Gasteiger partial charge in [0.15, 0.2) is 0 Å². The van der Waals surface area contributed by atoms with Crippen LogP contribution >= 0.6 is 0 Å². The third-order valence-corrected chi connectivity index (χ3v) is 5.60. The van der Waals surface area contributed by atoms with Crippen molar-refractivity contribution >= 4 is 5.69 Å². The van der Waals surface area contributed by atoms with Crippen molar-refractivity contribution in [2.24, 2.45) is 0 Å². The molecule has 1 aliphatic heterocycles. The first-order chi connectivity index (χ1) is 14.5. The second kappa shape index (κ2) is 10.2. The number of hydrogen-bond acceptors (Lipinski definition) is 5. The molecule has 3 rings (SSSR count). The van der Waals surface area contributed by atoms with Crippen LogP contribution in [0.15, 0.2) is 42.5 Å². The van der Waals surface area contributed by atoms with Gasteiger partial charge in [-0.3, -0.25) is 0 Å². The number of benzene rings is 2. The molecule has 0 amide bonds. The van der Waals surface area contributed by atoms with Gasteiger partial charge in [0.25, 0.3) is 0 Å². The van der Waals surface area contributed by atoms with E-state index >= 15 is 0 Å². The predicted molar refractivity (Wildman–Crippen MR) is 120 cm³/mol. The van der Waals surface area contributed by atoms with Crippen LogP contribution in [-0.2, 0) is 16.0 Å². The zero-order chi connectivity index (χ0) is 21.6. The molecule has 2 aromatic carbocycles. The predicted octanol–water partition coefficient (Wildman–Crippen LogP) is 5.74. The summed E-state index contributed by atoms with van der Waals surface area (Å²) in [6.45, 7) is 7.78. The van der Waals surface area contributed by atoms with Crippen molar-refractivity contribution in [3.63, 3.8) is 0 Å². The molecule has 2 atom stereocenters. The van der Waals surface area contributed by atoms with Crippen molar-refractivity contribution in [3.05, 3.63) is 53.6 Å². The normalized spacial score (nSPS) is 19.6. The largest absolute Gasteiger partial charge is 0.497 e. The van der Waals surface area contributed by atoms with Gasteiger partial charge in [-0.15, -0.1) is 0 Å². The molecule has 0 saturated heterocycles. The first-order valence-electron chi connectivity index (χ1n) is 10.8. The lowest BCUT2D eigenvalue weighted by molar-refractivity contribution is -0.154. The molecule has 2 unspecified atom stereocenters. The second-order valence-corrected chi connectivity index (χ2v) is 8.31. The van der Waals surface area contributed by atoms with E-state index in [4.69, 9.17) is 18.9 Å². The fraction of sp³-hybridized carbons (Fsp3) is 0.520. The Hall–Kier alpha value is -2.24. The Kier molecular flexibility index (Phi) is 7.62. The third-order valence-electron chi connectivity index (χ3n) is 5.60. The molecule has 0 radical (unpaired) electrons. The number of ether oxygens (including phenoxy) is 4. The first kappa shape index (κ1) is 22.4. The Balaban J connectivity index is 1.74. The van der Waals surface area contributed by atoms with Gasteiger partial charge in [-0.25, -0.2) is 0 Å². The van der Waals surface area contributed by atoms with Crippen molar-refractivity contribution < 1.29 is 18.9 Å². The first-order valence-corrected chi connectivity index (χ1v) is 10.8. The average molecular weight is 414 g/mol. The van der Waals surface area contributed by atoms with E-state index in [0.29, 0.717) is 0 Å². The van der Waals surface area contributed by atoms with Crippen LogP contribution in [0.3, 0.4) is 0 Å². The van der Waals surface area contributed by atoms with E-state index in [0.717, 1.165) is 42.3 Å². The Morgan fingerprint density at radius 3 is 2.47 bits per heavy atom. The molecule has 0 spiro atoms. The summed E-state index contributed by atoms with van der Waals surface area (Å²) in [6, 6.07) is 14.3. The fourth-order valence-corrected chi connectivity index (χ4v) is 3.89. The van der Waals surface area contributed by atoms with E-state index in [1.165, 1.54) is 18.4 Å². The molecular weight excluding hydrogens is 378 g/mol. The summed E-state index contributed by atoms with van der Waals surface area (Å²) < 4.78 is 23.7. The summed E-state index contributed by atoms with van der Waals surface area (Å²) in [5, 5.41) is 3.50. The molecule has 1 heterocycles. The quantitative estimate of drug-likeness (QED) is 0.503. The molecule has 0 fully saturated rings. The summed E-state index contributed by atoms with van der Waals surface area (Å²) in [6.07, 6.45) is 3.06. The third kappa shape index (κ3) is 5.27. The molecule has 0 aliphatic carbocycles. The smallest absolute Gasteiger partial charge is 0.132 e. The number of unbranched alkanes of at least 4 members (excludes halogenated alkanes) is 2. The number of methoxy groups -OCH3 is 2. The van der Waals surface area contributed by atoms with Gasteiger partial charge >= 0.3 is 0 Å². The highest BCUT2D eigenvalue weighted by atomic mass is 16.6. The van der Waals surface area contributed by atoms with E-state index in [2.05, 4.69) is 44.3 Å². The Morgan fingerprint density at radius 2 is 1.80 bits per heavy atom. The molecule has 1 N–H and O–H groups in total. The SMILES string of the molecule is CCCCCOC1C(OC)c2cc(NCc3ccc(OC)cc3)ccc2OC1(C)C. The Labute approximate surface area is 180 Å². The second-order valence-electron chi connectivity index (χ2n) is 8.31. The Bertz CT molecular complexity index is 803. The maximum atomic E-state index is 6.32. The zero-order valence-electron chi connectivity index (χ0n) is 18.9. The van der Waals surface area contributed by atoms with Gasteiger partial charge in [0.2, 0.25) is 0 Å². The molecule has 1 aliphatic rings. The minimum atomic E-state index is -0.460. The van der Waals surface area contributed by atoms with Crippen LogP contribution in [0.2, 0.25) is 0 Å². The summed E-state index contributed by atoms with van der Waals surface area (Å²) in [4.78, 5) is 0. The molecule has 5 nitrogen and oxygen atoms in total. The van der Waals surface area contributed by atoms with Gasteiger partial charge in [0, 0.05) is 31.5 Å². The van der Waals surface area contributed by atoms with Crippen LogP contribution in [0.25, 0.3) is 0 Å². The number of hydrogen-bond donors (Lipinski definition) is 1. The van der Waals surface area contributed by atoms with Crippen LogP contribution in [-0.4, -0.2) is 32.5 Å². The molecule has 164 valence electrons. The molecule has 0 bridgehead atoms. The zero-order valence-corrected chi connectivity index (χ0v) is 18.9. The van der Waals surface area contributed by atoms with Gasteiger partial charge in [-0.05, 0) is 56.2 Å². The minimum Gasteiger partial charge on any atom is -0.497 e. The van der Waals surface area contributed by atoms with Crippen LogP contribution < -0.4 is 14.8 Å². The molecule has 0 aromatic heterocycles. The summed E-state index contributed by atoms with van der Waals surface area (Å²) in [7, 11) is 3.42. The molecule has 2 aromatic rings. The van der Waals surface area contributed by atoms with E-state index in [1.54, 1.807) is 14.2 Å². The molecule has 30 heavy (non-hydrogen) atoms. The maximum Gasteiger partial charge on any atom is 0.132 e. The van der Waals surface area contributed by atoms with Crippen LogP contribution in [0.1, 0.15) is 57.3 Å². The number of rotatable bonds is 10. The maximum absolute atomic E-state index is 6.32. The summed E-state index contributed by atoms with van der Waals surface area (Å²) >= 11 is 0. The Morgan fingerprint density at radius 1 is 1.03 bits per heavy atom. The monoisotopic (exact) mass is 413 g/mol. The highest BCUT2D eigenvalue weighted by Crippen LogP contribution is 2.44. The van der Waals surface area contributed by atoms with Crippen molar-refractivity contribution in [1.29, 1.82) is 0 Å². The standard InChI is InChI=1S/C25H35NO4/c1-6-7-8-15-29-24-23(28-5)21-16-19(11-14-22(21)30-25(24,2)3)26-17-18-9-12-20(27-4)13-10-18/h9-14,16,23-24,26H,6-8,15,17H2,1-5H3. The fourth-order valence-electron chi connectivity index (χ4n) is 3.89. The number of nitrogens with one attached hydrogen (secondary N) is 1. The lowest BCUT2D eigenvalue weighted by Crippen LogP contribution is -2.51. The lowest BCUT2D eigenvalue weighted by Gasteiger charge is -2.44. The lowest BCUT2D eigenvalue weighted by atomic mass is 9.88. The van der Waals surface area contributed by atoms with Gasteiger partial charge in [0.1, 0.15) is 29.3 Å². The summed E-state index contributed by atoms with van der Waals surface area (Å²) in [5.74, 6) is 1.72. The minimum absolute atomic E-state index is 0.163. The molecular formula is C25H35NO4. The van der Waals surface area contributed by atoms with Gasteiger partial charge in [0.05, 0.1) is 7.11 Å². The molecule has 0 saturated carbocycles. The van der Waals surface area contributed by atoms with Crippen LogP contribution in [0, 0.1) is 0 Å². The van der Waals surface area contributed by atoms with E-state index in [1.807, 2.05) is 24.3 Å². The van der Waals surface area contributed by atoms with Crippen molar-refractivity contribution in [2.45, 2.75) is 64.4 Å². The van der Waals surface area contributed by atoms with E-state index in [-0.39, 0.29) is 12.2 Å². The topological polar surface area (TPSA) is 49.0 Å². The summed E-state index contributed by atoms with van der Waals surface area (Å²) in [5.41, 5.74) is 2.78. The van der Waals surface area contributed by atoms with Crippen molar-refractivity contribution in [2.75, 3.05) is 26.1 Å². The van der Waals surface area contributed by atoms with E-state index < -0.39 is 5.60 Å². The van der Waals surface area contributed by atoms with E-state index in [9.17, 15) is 0 Å². The highest BCUT2D eigenvalue weighted by Gasteiger charge is 2.45. The highest BCUT2D eigenvalue weighted by molar-refractivity contribution is 5.54. The van der Waals surface area contributed by atoms with Crippen molar-refractivity contribution in [3.8, 4) is 11.5 Å². The van der Waals surface area contributed by atoms with Crippen LogP contribution in [0.5, 0.6) is 11.5 Å². The van der Waals surface area contributed by atoms with Gasteiger partial charge in [-0.2, -0.15) is 0 Å². The number of anilines is 1. The van der Waals surface area contributed by atoms with Gasteiger partial charge in [-0.1, -0.05) is 31.9 Å². The van der Waals surface area contributed by atoms with Crippen molar-refractivity contribution in [1.82, 2.24) is 0 Å². The number of fused-ring (bicyclic) bond motifs is 1. The van der Waals surface area contributed by atoms with Crippen LogP contribution in [0.4, 0.5) is 5.69 Å². The molecule has 5 heteroatoms. The van der Waals surface area contributed by atoms with Gasteiger partial charge < -0.3 is 24.3 Å².